The summed E-state index contributed by atoms with van der Waals surface area (Å²) in [5, 5.41) is 3.95. The molecule has 1 heterocycles. The molecule has 0 aromatic heterocycles. The third kappa shape index (κ3) is 2.95. The van der Waals surface area contributed by atoms with E-state index in [1.807, 2.05) is 44.2 Å². The quantitative estimate of drug-likeness (QED) is 0.289. The minimum absolute atomic E-state index is 0.0495. The summed E-state index contributed by atoms with van der Waals surface area (Å²) in [6, 6.07) is 14.0. The normalized spacial score (nSPS) is 22.9. The van der Waals surface area contributed by atoms with Gasteiger partial charge in [-0.15, -0.1) is 0 Å². The van der Waals surface area contributed by atoms with Crippen molar-refractivity contribution >= 4 is 28.7 Å². The first-order valence-corrected chi connectivity index (χ1v) is 11.1. The van der Waals surface area contributed by atoms with Gasteiger partial charge in [0.1, 0.15) is 0 Å². The van der Waals surface area contributed by atoms with Crippen LogP contribution in [0.3, 0.4) is 0 Å². The molecule has 5 nitrogen and oxygen atoms in total. The van der Waals surface area contributed by atoms with Crippen LogP contribution in [-0.2, 0) is 9.63 Å². The second kappa shape index (κ2) is 7.30. The molecule has 1 saturated carbocycles. The smallest absolute Gasteiger partial charge is 0.331 e. The lowest BCUT2D eigenvalue weighted by Crippen LogP contribution is -2.36. The van der Waals surface area contributed by atoms with Crippen LogP contribution in [0.4, 0.5) is 5.69 Å². The van der Waals surface area contributed by atoms with Gasteiger partial charge in [0.25, 0.3) is 0 Å². The van der Waals surface area contributed by atoms with E-state index in [4.69, 9.17) is 4.84 Å². The van der Waals surface area contributed by atoms with Crippen LogP contribution in [0.2, 0.25) is 0 Å². The lowest BCUT2D eigenvalue weighted by atomic mass is 9.87. The van der Waals surface area contributed by atoms with Gasteiger partial charge in [-0.25, -0.2) is 4.79 Å². The second-order valence-corrected chi connectivity index (χ2v) is 8.79. The Morgan fingerprint density at radius 3 is 2.69 bits per heavy atom. The summed E-state index contributed by atoms with van der Waals surface area (Å²) < 4.78 is 0. The zero-order valence-electron chi connectivity index (χ0n) is 18.8. The molecule has 1 spiro atoms. The van der Waals surface area contributed by atoms with Crippen molar-refractivity contribution < 1.29 is 14.4 Å². The highest BCUT2D eigenvalue weighted by molar-refractivity contribution is 6.14. The fourth-order valence-corrected chi connectivity index (χ4v) is 5.28. The lowest BCUT2D eigenvalue weighted by Gasteiger charge is -2.29. The minimum atomic E-state index is -0.443. The van der Waals surface area contributed by atoms with Crippen LogP contribution in [0.25, 0.3) is 5.57 Å². The molecule has 162 valence electrons. The van der Waals surface area contributed by atoms with E-state index in [-0.39, 0.29) is 11.3 Å². The largest absolute Gasteiger partial charge is 0.361 e. The van der Waals surface area contributed by atoms with E-state index in [0.29, 0.717) is 11.6 Å². The molecule has 3 aliphatic rings. The number of benzene rings is 2. The molecule has 5 rings (SSSR count). The van der Waals surface area contributed by atoms with Gasteiger partial charge in [0.05, 0.1) is 11.3 Å². The summed E-state index contributed by atoms with van der Waals surface area (Å²) in [5.41, 5.74) is 7.54. The molecule has 32 heavy (non-hydrogen) atoms. The number of hydrogen-bond donors (Lipinski definition) is 0. The predicted octanol–water partition coefficient (Wildman–Crippen LogP) is 5.09. The Labute approximate surface area is 188 Å². The van der Waals surface area contributed by atoms with Crippen molar-refractivity contribution in [3.63, 3.8) is 0 Å². The van der Waals surface area contributed by atoms with Gasteiger partial charge in [0.15, 0.2) is 5.78 Å². The van der Waals surface area contributed by atoms with Crippen molar-refractivity contribution in [3.8, 4) is 0 Å². The summed E-state index contributed by atoms with van der Waals surface area (Å²) in [6.45, 7) is 8.22. The molecule has 2 aliphatic carbocycles. The minimum Gasteiger partial charge on any atom is -0.361 e. The maximum absolute atomic E-state index is 13.4. The average Bonchev–Trinajstić information content (AvgIpc) is 3.45. The van der Waals surface area contributed by atoms with Crippen LogP contribution in [0.1, 0.15) is 54.2 Å². The highest BCUT2D eigenvalue weighted by atomic mass is 16.7. The van der Waals surface area contributed by atoms with Crippen LogP contribution < -0.4 is 4.90 Å². The van der Waals surface area contributed by atoms with Gasteiger partial charge in [0.2, 0.25) is 0 Å². The maximum atomic E-state index is 13.4. The third-order valence-corrected chi connectivity index (χ3v) is 6.89. The zero-order valence-corrected chi connectivity index (χ0v) is 18.8. The zero-order chi connectivity index (χ0) is 22.6. The number of allylic oxidation sites excluding steroid dienone is 2. The fraction of sp³-hybridized carbons (Fsp3) is 0.296. The summed E-state index contributed by atoms with van der Waals surface area (Å²) in [7, 11) is 0. The number of fused-ring (bicyclic) bond motifs is 2. The Hall–Kier alpha value is -3.47. The second-order valence-electron chi connectivity index (χ2n) is 8.79. The fourth-order valence-electron chi connectivity index (χ4n) is 5.28. The average molecular weight is 427 g/mol. The number of anilines is 1. The molecule has 2 aromatic rings. The first-order chi connectivity index (χ1) is 15.4. The Morgan fingerprint density at radius 1 is 1.19 bits per heavy atom. The lowest BCUT2D eigenvalue weighted by molar-refractivity contribution is -0.140. The van der Waals surface area contributed by atoms with Crippen LogP contribution in [-0.4, -0.2) is 29.5 Å². The molecule has 2 unspecified atom stereocenters. The Morgan fingerprint density at radius 2 is 1.97 bits per heavy atom. The van der Waals surface area contributed by atoms with Gasteiger partial charge in [-0.2, -0.15) is 0 Å². The number of rotatable bonds is 5. The van der Waals surface area contributed by atoms with E-state index in [2.05, 4.69) is 41.3 Å². The SMILES string of the molecule is CCN1c2ccc(/C(C)=N/OC(C)=O)cc2C2=CC(C(=O)c3ccccc3C)=CC3CC231. The molecular weight excluding hydrogens is 400 g/mol. The summed E-state index contributed by atoms with van der Waals surface area (Å²) >= 11 is 0. The van der Waals surface area contributed by atoms with E-state index >= 15 is 0 Å². The third-order valence-electron chi connectivity index (χ3n) is 6.89. The Balaban J connectivity index is 1.58. The maximum Gasteiger partial charge on any atom is 0.331 e. The number of ketones is 1. The molecule has 0 radical (unpaired) electrons. The van der Waals surface area contributed by atoms with Gasteiger partial charge in [-0.05, 0) is 62.1 Å². The molecule has 0 bridgehead atoms. The molecule has 0 amide bonds. The monoisotopic (exact) mass is 426 g/mol. The first-order valence-electron chi connectivity index (χ1n) is 11.1. The Kier molecular flexibility index (Phi) is 4.66. The van der Waals surface area contributed by atoms with E-state index in [0.717, 1.165) is 40.8 Å². The van der Waals surface area contributed by atoms with Crippen LogP contribution in [0.15, 0.2) is 65.3 Å². The number of nitrogens with zero attached hydrogens (tertiary/aromatic N) is 2. The van der Waals surface area contributed by atoms with Crippen molar-refractivity contribution in [1.29, 1.82) is 0 Å². The van der Waals surface area contributed by atoms with Gasteiger partial charge in [-0.3, -0.25) is 4.79 Å². The first kappa shape index (κ1) is 20.4. The van der Waals surface area contributed by atoms with Crippen molar-refractivity contribution in [2.45, 2.75) is 39.7 Å². The highest BCUT2D eigenvalue weighted by Gasteiger charge is 2.64. The van der Waals surface area contributed by atoms with Crippen molar-refractivity contribution in [1.82, 2.24) is 0 Å². The summed E-state index contributed by atoms with van der Waals surface area (Å²) in [5.74, 6) is -0.0321. The number of oxime groups is 1. The van der Waals surface area contributed by atoms with E-state index in [1.54, 1.807) is 0 Å². The van der Waals surface area contributed by atoms with Gasteiger partial charge in [0, 0.05) is 41.8 Å². The molecule has 0 N–H and O–H groups in total. The van der Waals surface area contributed by atoms with Crippen molar-refractivity contribution in [2.24, 2.45) is 11.1 Å². The number of likely N-dealkylation sites (N-methyl/N-ethyl adjacent to an activating group) is 1. The van der Waals surface area contributed by atoms with Gasteiger partial charge >= 0.3 is 5.97 Å². The molecule has 1 aliphatic heterocycles. The summed E-state index contributed by atoms with van der Waals surface area (Å²) in [4.78, 5) is 31.8. The van der Waals surface area contributed by atoms with Crippen LogP contribution in [0, 0.1) is 12.8 Å². The number of Topliss-reactive ketones (excluding diaryl/α,β-unsaturated/α-hetero) is 1. The van der Waals surface area contributed by atoms with E-state index in [9.17, 15) is 9.59 Å². The molecule has 2 aromatic carbocycles. The van der Waals surface area contributed by atoms with Crippen LogP contribution in [0.5, 0.6) is 0 Å². The molecule has 0 saturated heterocycles. The van der Waals surface area contributed by atoms with Gasteiger partial charge in [-0.1, -0.05) is 41.6 Å². The number of hydrogen-bond acceptors (Lipinski definition) is 5. The van der Waals surface area contributed by atoms with Crippen molar-refractivity contribution in [2.75, 3.05) is 11.4 Å². The molecule has 2 atom stereocenters. The van der Waals surface area contributed by atoms with E-state index in [1.165, 1.54) is 18.2 Å². The van der Waals surface area contributed by atoms with E-state index < -0.39 is 5.97 Å². The van der Waals surface area contributed by atoms with Gasteiger partial charge < -0.3 is 9.74 Å². The standard InChI is InChI=1S/C27H26N2O3/c1-5-29-25-11-10-19(17(3)28-32-18(4)30)13-23(25)24-14-20(12-21-15-27(21,24)29)26(31)22-9-7-6-8-16(22)2/h6-14,21H,5,15H2,1-4H3/b28-17+. The number of aryl methyl sites for hydroxylation is 1. The Bertz CT molecular complexity index is 1250. The summed E-state index contributed by atoms with van der Waals surface area (Å²) in [6.07, 6.45) is 5.28. The topological polar surface area (TPSA) is 59.0 Å². The number of carbonyl (C=O) groups is 2. The predicted molar refractivity (Wildman–Crippen MR) is 126 cm³/mol. The molecule has 1 fully saturated rings. The highest BCUT2D eigenvalue weighted by Crippen LogP contribution is 2.66. The van der Waals surface area contributed by atoms with Crippen LogP contribution >= 0.6 is 0 Å². The molecule has 5 heteroatoms. The molecular formula is C27H26N2O3. The van der Waals surface area contributed by atoms with Crippen molar-refractivity contribution in [3.05, 3.63) is 82.4 Å². The number of carbonyl (C=O) groups excluding carboxylic acids is 2.